The van der Waals surface area contributed by atoms with Crippen molar-refractivity contribution in [2.75, 3.05) is 27.7 Å². The third-order valence-corrected chi connectivity index (χ3v) is 4.17. The van der Waals surface area contributed by atoms with Crippen LogP contribution in [-0.2, 0) is 13.0 Å². The Morgan fingerprint density at radius 1 is 1.19 bits per heavy atom. The van der Waals surface area contributed by atoms with Crippen LogP contribution in [0.2, 0.25) is 0 Å². The molecule has 0 spiro atoms. The van der Waals surface area contributed by atoms with Crippen LogP contribution in [0.1, 0.15) is 21.7 Å². The summed E-state index contributed by atoms with van der Waals surface area (Å²) in [6.07, 6.45) is 2.70. The lowest BCUT2D eigenvalue weighted by molar-refractivity contribution is 0.0948. The van der Waals surface area contributed by atoms with Gasteiger partial charge in [-0.25, -0.2) is 4.98 Å². The van der Waals surface area contributed by atoms with Crippen molar-refractivity contribution < 1.29 is 9.53 Å². The number of benzene rings is 1. The van der Waals surface area contributed by atoms with Gasteiger partial charge in [0.15, 0.2) is 5.69 Å². The van der Waals surface area contributed by atoms with Gasteiger partial charge < -0.3 is 19.4 Å². The van der Waals surface area contributed by atoms with E-state index in [1.165, 1.54) is 0 Å². The van der Waals surface area contributed by atoms with Crippen molar-refractivity contribution in [2.24, 2.45) is 0 Å². The molecule has 6 heteroatoms. The van der Waals surface area contributed by atoms with Crippen molar-refractivity contribution in [3.63, 3.8) is 0 Å². The number of hydrogen-bond donors (Lipinski definition) is 1. The Kier molecular flexibility index (Phi) is 5.53. The Morgan fingerprint density at radius 3 is 2.65 bits per heavy atom. The molecule has 26 heavy (non-hydrogen) atoms. The van der Waals surface area contributed by atoms with Gasteiger partial charge in [-0.3, -0.25) is 4.79 Å². The maximum absolute atomic E-state index is 12.7. The van der Waals surface area contributed by atoms with E-state index < -0.39 is 0 Å². The first-order valence-corrected chi connectivity index (χ1v) is 8.60. The lowest BCUT2D eigenvalue weighted by atomic mass is 10.1. The van der Waals surface area contributed by atoms with Gasteiger partial charge in [0.25, 0.3) is 5.91 Å². The van der Waals surface area contributed by atoms with Crippen molar-refractivity contribution in [1.29, 1.82) is 0 Å². The number of amides is 1. The smallest absolute Gasteiger partial charge is 0.271 e. The molecule has 136 valence electrons. The fourth-order valence-electron chi connectivity index (χ4n) is 2.88. The van der Waals surface area contributed by atoms with E-state index in [1.54, 1.807) is 7.11 Å². The number of aromatic nitrogens is 2. The quantitative estimate of drug-likeness (QED) is 0.709. The summed E-state index contributed by atoms with van der Waals surface area (Å²) in [7, 11) is 5.61. The molecule has 3 aromatic rings. The normalized spacial score (nSPS) is 11.1. The maximum atomic E-state index is 12.7. The number of carbonyl (C=O) groups is 1. The molecular weight excluding hydrogens is 328 g/mol. The monoisotopic (exact) mass is 352 g/mol. The molecule has 0 bridgehead atoms. The van der Waals surface area contributed by atoms with E-state index >= 15 is 0 Å². The Morgan fingerprint density at radius 2 is 1.96 bits per heavy atom. The highest BCUT2D eigenvalue weighted by Gasteiger charge is 2.18. The maximum Gasteiger partial charge on any atom is 0.271 e. The average Bonchev–Trinajstić information content (AvgIpc) is 3.00. The first kappa shape index (κ1) is 17.9. The molecule has 1 amide bonds. The van der Waals surface area contributed by atoms with E-state index in [0.717, 1.165) is 29.1 Å². The van der Waals surface area contributed by atoms with Crippen LogP contribution in [0.3, 0.4) is 0 Å². The summed E-state index contributed by atoms with van der Waals surface area (Å²) >= 11 is 0. The topological polar surface area (TPSA) is 58.9 Å². The second-order valence-corrected chi connectivity index (χ2v) is 6.43. The van der Waals surface area contributed by atoms with Crippen LogP contribution in [0.25, 0.3) is 5.65 Å². The summed E-state index contributed by atoms with van der Waals surface area (Å²) in [5.74, 6) is 0.690. The predicted molar refractivity (Wildman–Crippen MR) is 102 cm³/mol. The minimum absolute atomic E-state index is 0.140. The molecule has 1 N–H and O–H groups in total. The number of imidazole rings is 1. The molecule has 0 radical (unpaired) electrons. The van der Waals surface area contributed by atoms with Crippen LogP contribution >= 0.6 is 0 Å². The summed E-state index contributed by atoms with van der Waals surface area (Å²) in [4.78, 5) is 19.2. The zero-order valence-corrected chi connectivity index (χ0v) is 15.4. The number of nitrogens with one attached hydrogen (secondary N) is 1. The fraction of sp³-hybridized carbons (Fsp3) is 0.300. The molecule has 3 rings (SSSR count). The standard InChI is InChI=1S/C20H24N4O2/c1-23(2)14-17-19(22-18-6-4-5-13-24(17)18)20(25)21-12-11-15-7-9-16(26-3)10-8-15/h4-10,13H,11-12,14H2,1-3H3,(H,21,25). The molecule has 0 saturated carbocycles. The predicted octanol–water partition coefficient (Wildman–Crippen LogP) is 2.38. The van der Waals surface area contributed by atoms with Gasteiger partial charge in [-0.2, -0.15) is 0 Å². The molecule has 2 aromatic heterocycles. The number of fused-ring (bicyclic) bond motifs is 1. The van der Waals surface area contributed by atoms with E-state index in [-0.39, 0.29) is 5.91 Å². The number of rotatable bonds is 7. The van der Waals surface area contributed by atoms with Gasteiger partial charge in [-0.1, -0.05) is 18.2 Å². The van der Waals surface area contributed by atoms with Crippen LogP contribution in [0, 0.1) is 0 Å². The van der Waals surface area contributed by atoms with Gasteiger partial charge in [-0.15, -0.1) is 0 Å². The highest BCUT2D eigenvalue weighted by molar-refractivity contribution is 5.94. The molecule has 0 atom stereocenters. The minimum Gasteiger partial charge on any atom is -0.497 e. The first-order valence-electron chi connectivity index (χ1n) is 8.60. The highest BCUT2D eigenvalue weighted by Crippen LogP contribution is 2.15. The number of pyridine rings is 1. The van der Waals surface area contributed by atoms with Crippen molar-refractivity contribution >= 4 is 11.6 Å². The average molecular weight is 352 g/mol. The Balaban J connectivity index is 1.70. The summed E-state index contributed by atoms with van der Waals surface area (Å²) in [6, 6.07) is 13.6. The number of hydrogen-bond acceptors (Lipinski definition) is 4. The summed E-state index contributed by atoms with van der Waals surface area (Å²) < 4.78 is 7.13. The van der Waals surface area contributed by atoms with Crippen LogP contribution in [0.5, 0.6) is 5.75 Å². The van der Waals surface area contributed by atoms with Crippen molar-refractivity contribution in [3.8, 4) is 5.75 Å². The second kappa shape index (κ2) is 8.01. The summed E-state index contributed by atoms with van der Waals surface area (Å²) in [6.45, 7) is 1.20. The fourth-order valence-corrected chi connectivity index (χ4v) is 2.88. The minimum atomic E-state index is -0.140. The largest absolute Gasteiger partial charge is 0.497 e. The Labute approximate surface area is 153 Å². The van der Waals surface area contributed by atoms with E-state index in [1.807, 2.05) is 72.1 Å². The van der Waals surface area contributed by atoms with Gasteiger partial charge >= 0.3 is 0 Å². The van der Waals surface area contributed by atoms with Crippen LogP contribution < -0.4 is 10.1 Å². The number of carbonyl (C=O) groups excluding carboxylic acids is 1. The molecule has 1 aromatic carbocycles. The van der Waals surface area contributed by atoms with Gasteiger partial charge in [0.2, 0.25) is 0 Å². The molecule has 6 nitrogen and oxygen atoms in total. The Bertz CT molecular complexity index is 884. The van der Waals surface area contributed by atoms with E-state index in [9.17, 15) is 4.79 Å². The van der Waals surface area contributed by atoms with Gasteiger partial charge in [0.05, 0.1) is 12.8 Å². The highest BCUT2D eigenvalue weighted by atomic mass is 16.5. The van der Waals surface area contributed by atoms with Crippen LogP contribution in [0.4, 0.5) is 0 Å². The van der Waals surface area contributed by atoms with E-state index in [2.05, 4.69) is 10.3 Å². The van der Waals surface area contributed by atoms with Gasteiger partial charge in [0, 0.05) is 19.3 Å². The van der Waals surface area contributed by atoms with E-state index in [0.29, 0.717) is 18.8 Å². The third-order valence-electron chi connectivity index (χ3n) is 4.17. The molecule has 0 aliphatic heterocycles. The third kappa shape index (κ3) is 4.03. The number of nitrogens with zero attached hydrogens (tertiary/aromatic N) is 3. The molecule has 0 unspecified atom stereocenters. The van der Waals surface area contributed by atoms with Crippen molar-refractivity contribution in [2.45, 2.75) is 13.0 Å². The second-order valence-electron chi connectivity index (χ2n) is 6.43. The molecule has 0 fully saturated rings. The SMILES string of the molecule is COc1ccc(CCNC(=O)c2nc3ccccn3c2CN(C)C)cc1. The zero-order valence-electron chi connectivity index (χ0n) is 15.4. The van der Waals surface area contributed by atoms with Gasteiger partial charge in [-0.05, 0) is 50.3 Å². The number of methoxy groups -OCH3 is 1. The molecule has 2 heterocycles. The van der Waals surface area contributed by atoms with Gasteiger partial charge in [0.1, 0.15) is 11.4 Å². The van der Waals surface area contributed by atoms with Crippen LogP contribution in [0.15, 0.2) is 48.7 Å². The first-order chi connectivity index (χ1) is 12.6. The Hall–Kier alpha value is -2.86. The summed E-state index contributed by atoms with van der Waals surface area (Å²) in [5, 5.41) is 2.99. The lowest BCUT2D eigenvalue weighted by Gasteiger charge is -2.11. The van der Waals surface area contributed by atoms with E-state index in [4.69, 9.17) is 4.74 Å². The number of ether oxygens (including phenoxy) is 1. The molecule has 0 aliphatic rings. The van der Waals surface area contributed by atoms with Crippen LogP contribution in [-0.4, -0.2) is 47.9 Å². The zero-order chi connectivity index (χ0) is 18.5. The van der Waals surface area contributed by atoms with Crippen molar-refractivity contribution in [3.05, 3.63) is 65.6 Å². The summed E-state index contributed by atoms with van der Waals surface area (Å²) in [5.41, 5.74) is 3.31. The van der Waals surface area contributed by atoms with Crippen molar-refractivity contribution in [1.82, 2.24) is 19.6 Å². The molecular formula is C20H24N4O2. The lowest BCUT2D eigenvalue weighted by Crippen LogP contribution is -2.28. The molecule has 0 saturated heterocycles. The molecule has 0 aliphatic carbocycles.